The van der Waals surface area contributed by atoms with Crippen molar-refractivity contribution in [1.29, 1.82) is 0 Å². The van der Waals surface area contributed by atoms with Crippen LogP contribution in [0.1, 0.15) is 35.2 Å². The second-order valence-electron chi connectivity index (χ2n) is 4.99. The summed E-state index contributed by atoms with van der Waals surface area (Å²) in [6.45, 7) is 0.421. The Morgan fingerprint density at radius 3 is 2.47 bits per heavy atom. The number of amides is 1. The van der Waals surface area contributed by atoms with Gasteiger partial charge in [0.1, 0.15) is 0 Å². The van der Waals surface area contributed by atoms with Crippen LogP contribution >= 0.6 is 0 Å². The predicted octanol–water partition coefficient (Wildman–Crippen LogP) is 1.13. The summed E-state index contributed by atoms with van der Waals surface area (Å²) in [6.07, 6.45) is 2.51. The number of carboxylic acid groups (broad SMARTS) is 1. The first-order valence-corrected chi connectivity index (χ1v) is 6.42. The van der Waals surface area contributed by atoms with Gasteiger partial charge < -0.3 is 16.2 Å². The molecule has 1 aromatic carbocycles. The molecule has 0 aliphatic heterocycles. The number of carboxylic acids is 1. The number of hydrogen-bond donors (Lipinski definition) is 3. The fourth-order valence-electron chi connectivity index (χ4n) is 2.35. The van der Waals surface area contributed by atoms with Crippen molar-refractivity contribution >= 4 is 11.9 Å². The molecule has 102 valence electrons. The van der Waals surface area contributed by atoms with Crippen molar-refractivity contribution in [2.45, 2.75) is 31.8 Å². The standard InChI is InChI=1S/C14H18N2O3/c15-12-6-5-11(7-12)13(17)16-8-9-1-3-10(4-2-9)14(18)19/h1-4,11-12H,5-8,15H2,(H,16,17)(H,18,19). The fourth-order valence-corrected chi connectivity index (χ4v) is 2.35. The molecule has 5 heteroatoms. The van der Waals surface area contributed by atoms with Crippen molar-refractivity contribution in [2.75, 3.05) is 0 Å². The summed E-state index contributed by atoms with van der Waals surface area (Å²) in [5, 5.41) is 11.6. The molecule has 0 radical (unpaired) electrons. The van der Waals surface area contributed by atoms with Gasteiger partial charge in [0.2, 0.25) is 5.91 Å². The lowest BCUT2D eigenvalue weighted by atomic mass is 10.1. The highest BCUT2D eigenvalue weighted by Crippen LogP contribution is 2.24. The minimum atomic E-state index is -0.949. The molecule has 1 aromatic rings. The van der Waals surface area contributed by atoms with Gasteiger partial charge in [-0.2, -0.15) is 0 Å². The average Bonchev–Trinajstić information content (AvgIpc) is 2.83. The molecule has 0 aromatic heterocycles. The second-order valence-corrected chi connectivity index (χ2v) is 4.99. The molecular formula is C14H18N2O3. The SMILES string of the molecule is NC1CCC(C(=O)NCc2ccc(C(=O)O)cc2)C1. The third-order valence-electron chi connectivity index (χ3n) is 3.51. The number of carbonyl (C=O) groups is 2. The quantitative estimate of drug-likeness (QED) is 0.758. The Bertz CT molecular complexity index is 470. The van der Waals surface area contributed by atoms with E-state index in [1.54, 1.807) is 12.1 Å². The van der Waals surface area contributed by atoms with E-state index in [0.29, 0.717) is 6.54 Å². The summed E-state index contributed by atoms with van der Waals surface area (Å²) < 4.78 is 0. The number of nitrogens with one attached hydrogen (secondary N) is 1. The molecule has 0 saturated heterocycles. The molecular weight excluding hydrogens is 244 g/mol. The molecule has 2 atom stereocenters. The zero-order valence-corrected chi connectivity index (χ0v) is 10.6. The molecule has 1 aliphatic rings. The second kappa shape index (κ2) is 5.84. The van der Waals surface area contributed by atoms with Crippen LogP contribution in [-0.2, 0) is 11.3 Å². The van der Waals surface area contributed by atoms with E-state index in [-0.39, 0.29) is 23.4 Å². The summed E-state index contributed by atoms with van der Waals surface area (Å²) in [5.41, 5.74) is 6.92. The number of carbonyl (C=O) groups excluding carboxylic acids is 1. The molecule has 0 bridgehead atoms. The van der Waals surface area contributed by atoms with Gasteiger partial charge in [0.15, 0.2) is 0 Å². The Morgan fingerprint density at radius 2 is 1.95 bits per heavy atom. The molecule has 19 heavy (non-hydrogen) atoms. The van der Waals surface area contributed by atoms with E-state index in [1.165, 1.54) is 12.1 Å². The van der Waals surface area contributed by atoms with Crippen LogP contribution < -0.4 is 11.1 Å². The molecule has 0 heterocycles. The van der Waals surface area contributed by atoms with Crippen LogP contribution in [0.4, 0.5) is 0 Å². The summed E-state index contributed by atoms with van der Waals surface area (Å²) in [6, 6.07) is 6.64. The number of rotatable bonds is 4. The first-order chi connectivity index (χ1) is 9.06. The molecule has 1 amide bonds. The molecule has 1 saturated carbocycles. The Hall–Kier alpha value is -1.88. The van der Waals surface area contributed by atoms with Crippen LogP contribution in [0, 0.1) is 5.92 Å². The Labute approximate surface area is 111 Å². The summed E-state index contributed by atoms with van der Waals surface area (Å²) >= 11 is 0. The summed E-state index contributed by atoms with van der Waals surface area (Å²) in [4.78, 5) is 22.6. The summed E-state index contributed by atoms with van der Waals surface area (Å²) in [5.74, 6) is -0.890. The largest absolute Gasteiger partial charge is 0.478 e. The maximum atomic E-state index is 11.9. The molecule has 1 fully saturated rings. The smallest absolute Gasteiger partial charge is 0.335 e. The van der Waals surface area contributed by atoms with Gasteiger partial charge in [0, 0.05) is 18.5 Å². The molecule has 2 unspecified atom stereocenters. The third-order valence-corrected chi connectivity index (χ3v) is 3.51. The lowest BCUT2D eigenvalue weighted by molar-refractivity contribution is -0.125. The number of hydrogen-bond acceptors (Lipinski definition) is 3. The van der Waals surface area contributed by atoms with E-state index >= 15 is 0 Å². The van der Waals surface area contributed by atoms with E-state index in [0.717, 1.165) is 24.8 Å². The van der Waals surface area contributed by atoms with Crippen LogP contribution in [0.5, 0.6) is 0 Å². The van der Waals surface area contributed by atoms with E-state index in [9.17, 15) is 9.59 Å². The monoisotopic (exact) mass is 262 g/mol. The van der Waals surface area contributed by atoms with Crippen LogP contribution in [0.15, 0.2) is 24.3 Å². The van der Waals surface area contributed by atoms with Crippen LogP contribution in [0.25, 0.3) is 0 Å². The lowest BCUT2D eigenvalue weighted by Gasteiger charge is -2.10. The van der Waals surface area contributed by atoms with Gasteiger partial charge in [-0.25, -0.2) is 4.79 Å². The topological polar surface area (TPSA) is 92.4 Å². The zero-order chi connectivity index (χ0) is 13.8. The molecule has 0 spiro atoms. The normalized spacial score (nSPS) is 22.2. The van der Waals surface area contributed by atoms with Crippen LogP contribution in [0.3, 0.4) is 0 Å². The lowest BCUT2D eigenvalue weighted by Crippen LogP contribution is -2.30. The fraction of sp³-hybridized carbons (Fsp3) is 0.429. The van der Waals surface area contributed by atoms with Crippen molar-refractivity contribution in [3.05, 3.63) is 35.4 Å². The average molecular weight is 262 g/mol. The minimum absolute atomic E-state index is 0.0216. The number of benzene rings is 1. The van der Waals surface area contributed by atoms with Gasteiger partial charge in [-0.15, -0.1) is 0 Å². The van der Waals surface area contributed by atoms with E-state index < -0.39 is 5.97 Å². The minimum Gasteiger partial charge on any atom is -0.478 e. The third kappa shape index (κ3) is 3.54. The summed E-state index contributed by atoms with van der Waals surface area (Å²) in [7, 11) is 0. The Morgan fingerprint density at radius 1 is 1.26 bits per heavy atom. The van der Waals surface area contributed by atoms with Gasteiger partial charge in [-0.1, -0.05) is 12.1 Å². The molecule has 5 nitrogen and oxygen atoms in total. The van der Waals surface area contributed by atoms with Crippen molar-refractivity contribution in [3.63, 3.8) is 0 Å². The van der Waals surface area contributed by atoms with E-state index in [1.807, 2.05) is 0 Å². The first kappa shape index (κ1) is 13.5. The Kier molecular flexibility index (Phi) is 4.16. The maximum absolute atomic E-state index is 11.9. The Balaban J connectivity index is 1.85. The molecule has 4 N–H and O–H groups in total. The number of aromatic carboxylic acids is 1. The predicted molar refractivity (Wildman–Crippen MR) is 70.6 cm³/mol. The maximum Gasteiger partial charge on any atom is 0.335 e. The van der Waals surface area contributed by atoms with Gasteiger partial charge in [0.25, 0.3) is 0 Å². The highest BCUT2D eigenvalue weighted by molar-refractivity contribution is 5.87. The zero-order valence-electron chi connectivity index (χ0n) is 10.6. The highest BCUT2D eigenvalue weighted by atomic mass is 16.4. The van der Waals surface area contributed by atoms with Crippen molar-refractivity contribution in [3.8, 4) is 0 Å². The van der Waals surface area contributed by atoms with Crippen LogP contribution in [0.2, 0.25) is 0 Å². The van der Waals surface area contributed by atoms with Crippen molar-refractivity contribution < 1.29 is 14.7 Å². The van der Waals surface area contributed by atoms with Gasteiger partial charge >= 0.3 is 5.97 Å². The number of nitrogens with two attached hydrogens (primary N) is 1. The van der Waals surface area contributed by atoms with E-state index in [4.69, 9.17) is 10.8 Å². The first-order valence-electron chi connectivity index (χ1n) is 6.42. The van der Waals surface area contributed by atoms with Gasteiger partial charge in [-0.3, -0.25) is 4.79 Å². The van der Waals surface area contributed by atoms with Crippen molar-refractivity contribution in [1.82, 2.24) is 5.32 Å². The van der Waals surface area contributed by atoms with Gasteiger partial charge in [-0.05, 0) is 37.0 Å². The molecule has 1 aliphatic carbocycles. The molecule has 2 rings (SSSR count). The van der Waals surface area contributed by atoms with Gasteiger partial charge in [0.05, 0.1) is 5.56 Å². The van der Waals surface area contributed by atoms with Crippen LogP contribution in [-0.4, -0.2) is 23.0 Å². The highest BCUT2D eigenvalue weighted by Gasteiger charge is 2.27. The van der Waals surface area contributed by atoms with E-state index in [2.05, 4.69) is 5.32 Å². The van der Waals surface area contributed by atoms with Crippen molar-refractivity contribution in [2.24, 2.45) is 11.7 Å².